The number of amides is 2. The number of nitrogens with two attached hydrogens (primary N) is 1. The molecule has 11 heteroatoms. The highest BCUT2D eigenvalue weighted by atomic mass is 19.4. The number of carbonyl (C=O) groups is 2. The molecule has 0 aliphatic heterocycles. The number of halogens is 3. The SMILES string of the molecule is CCCc1nn2c(C(=O)N[C@H]3C[C@@H](OC(F)(F)F)C3)ccnc2c1C(N)=O. The lowest BCUT2D eigenvalue weighted by Crippen LogP contribution is -2.49. The maximum absolute atomic E-state index is 12.5. The van der Waals surface area contributed by atoms with Crippen LogP contribution in [0.25, 0.3) is 5.65 Å². The predicted octanol–water partition coefficient (Wildman–Crippen LogP) is 1.58. The van der Waals surface area contributed by atoms with Crippen molar-refractivity contribution >= 4 is 17.5 Å². The van der Waals surface area contributed by atoms with Crippen molar-refractivity contribution in [3.63, 3.8) is 0 Å². The summed E-state index contributed by atoms with van der Waals surface area (Å²) in [6.45, 7) is 1.91. The fourth-order valence-corrected chi connectivity index (χ4v) is 3.05. The maximum atomic E-state index is 12.5. The summed E-state index contributed by atoms with van der Waals surface area (Å²) in [6, 6.07) is 0.979. The molecule has 3 rings (SSSR count). The Kier molecular flexibility index (Phi) is 5.05. The van der Waals surface area contributed by atoms with E-state index in [0.29, 0.717) is 18.5 Å². The summed E-state index contributed by atoms with van der Waals surface area (Å²) in [5, 5.41) is 6.92. The van der Waals surface area contributed by atoms with Gasteiger partial charge in [0.25, 0.3) is 11.8 Å². The van der Waals surface area contributed by atoms with Crippen LogP contribution in [0.1, 0.15) is 52.7 Å². The largest absolute Gasteiger partial charge is 0.522 e. The molecule has 0 spiro atoms. The minimum Gasteiger partial charge on any atom is -0.365 e. The minimum atomic E-state index is -4.69. The number of primary amides is 1. The van der Waals surface area contributed by atoms with E-state index in [2.05, 4.69) is 20.1 Å². The van der Waals surface area contributed by atoms with Crippen LogP contribution in [0.15, 0.2) is 12.3 Å². The Bertz CT molecular complexity index is 874. The number of rotatable bonds is 6. The molecular weight excluding hydrogens is 367 g/mol. The van der Waals surface area contributed by atoms with Crippen molar-refractivity contribution in [2.45, 2.75) is 51.1 Å². The zero-order valence-electron chi connectivity index (χ0n) is 14.4. The lowest BCUT2D eigenvalue weighted by atomic mass is 9.89. The molecule has 146 valence electrons. The molecule has 0 bridgehead atoms. The monoisotopic (exact) mass is 385 g/mol. The number of hydrogen-bond acceptors (Lipinski definition) is 5. The topological polar surface area (TPSA) is 112 Å². The number of ether oxygens (including phenoxy) is 1. The van der Waals surface area contributed by atoms with E-state index < -0.39 is 30.3 Å². The Morgan fingerprint density at radius 3 is 2.70 bits per heavy atom. The van der Waals surface area contributed by atoms with Crippen molar-refractivity contribution in [3.05, 3.63) is 29.2 Å². The highest BCUT2D eigenvalue weighted by Crippen LogP contribution is 2.30. The molecule has 0 atom stereocenters. The van der Waals surface area contributed by atoms with Crippen molar-refractivity contribution < 1.29 is 27.5 Å². The van der Waals surface area contributed by atoms with Gasteiger partial charge < -0.3 is 11.1 Å². The van der Waals surface area contributed by atoms with E-state index in [9.17, 15) is 22.8 Å². The second-order valence-corrected chi connectivity index (χ2v) is 6.33. The van der Waals surface area contributed by atoms with Crippen molar-refractivity contribution in [2.24, 2.45) is 5.73 Å². The van der Waals surface area contributed by atoms with Gasteiger partial charge in [0.2, 0.25) is 0 Å². The quantitative estimate of drug-likeness (QED) is 0.784. The first-order valence-corrected chi connectivity index (χ1v) is 8.41. The van der Waals surface area contributed by atoms with Gasteiger partial charge in [0.1, 0.15) is 11.3 Å². The third kappa shape index (κ3) is 4.02. The van der Waals surface area contributed by atoms with Crippen LogP contribution in [-0.2, 0) is 11.2 Å². The molecule has 0 aromatic carbocycles. The summed E-state index contributed by atoms with van der Waals surface area (Å²) in [6.07, 6.45) is -2.97. The van der Waals surface area contributed by atoms with Crippen LogP contribution in [-0.4, -0.2) is 44.9 Å². The highest BCUT2D eigenvalue weighted by molar-refractivity contribution is 6.01. The van der Waals surface area contributed by atoms with Crippen LogP contribution in [0, 0.1) is 0 Å². The van der Waals surface area contributed by atoms with Gasteiger partial charge in [0.05, 0.1) is 11.8 Å². The summed E-state index contributed by atoms with van der Waals surface area (Å²) in [5.41, 5.74) is 6.31. The minimum absolute atomic E-state index is 0.0617. The molecule has 2 aromatic rings. The van der Waals surface area contributed by atoms with Crippen molar-refractivity contribution in [1.82, 2.24) is 19.9 Å². The summed E-state index contributed by atoms with van der Waals surface area (Å²) in [4.78, 5) is 28.4. The molecule has 27 heavy (non-hydrogen) atoms. The standard InChI is InChI=1S/C16H18F3N5O3/c1-2-3-10-12(13(20)25)14-21-5-4-11(24(14)23-10)15(26)22-8-6-9(7-8)27-16(17,18)19/h4-5,8-9H,2-3,6-7H2,1H3,(H2,20,25)(H,22,26)/t8-,9+. The predicted molar refractivity (Wildman–Crippen MR) is 86.9 cm³/mol. The number of nitrogens with one attached hydrogen (secondary N) is 1. The smallest absolute Gasteiger partial charge is 0.365 e. The first-order valence-electron chi connectivity index (χ1n) is 8.41. The van der Waals surface area contributed by atoms with Gasteiger partial charge in [0, 0.05) is 12.2 Å². The van der Waals surface area contributed by atoms with E-state index in [0.717, 1.165) is 0 Å². The van der Waals surface area contributed by atoms with E-state index in [1.165, 1.54) is 16.8 Å². The van der Waals surface area contributed by atoms with Gasteiger partial charge in [-0.1, -0.05) is 13.3 Å². The average molecular weight is 385 g/mol. The van der Waals surface area contributed by atoms with Crippen LogP contribution in [0.5, 0.6) is 0 Å². The summed E-state index contributed by atoms with van der Waals surface area (Å²) >= 11 is 0. The van der Waals surface area contributed by atoms with Gasteiger partial charge in [-0.15, -0.1) is 13.2 Å². The molecule has 1 aliphatic rings. The zero-order valence-corrected chi connectivity index (χ0v) is 14.4. The summed E-state index contributed by atoms with van der Waals surface area (Å²) in [7, 11) is 0. The molecule has 0 unspecified atom stereocenters. The van der Waals surface area contributed by atoms with Crippen molar-refractivity contribution in [2.75, 3.05) is 0 Å². The number of carbonyl (C=O) groups excluding carboxylic acids is 2. The van der Waals surface area contributed by atoms with Gasteiger partial charge in [0.15, 0.2) is 5.65 Å². The van der Waals surface area contributed by atoms with E-state index in [-0.39, 0.29) is 29.7 Å². The highest BCUT2D eigenvalue weighted by Gasteiger charge is 2.40. The molecule has 2 aromatic heterocycles. The fourth-order valence-electron chi connectivity index (χ4n) is 3.05. The lowest BCUT2D eigenvalue weighted by Gasteiger charge is -2.35. The molecule has 1 fully saturated rings. The van der Waals surface area contributed by atoms with Crippen LogP contribution in [0.2, 0.25) is 0 Å². The molecule has 2 amide bonds. The Balaban J connectivity index is 1.78. The van der Waals surface area contributed by atoms with E-state index in [1.54, 1.807) is 0 Å². The summed E-state index contributed by atoms with van der Waals surface area (Å²) in [5.74, 6) is -1.22. The lowest BCUT2D eigenvalue weighted by molar-refractivity contribution is -0.351. The number of aryl methyl sites for hydroxylation is 1. The van der Waals surface area contributed by atoms with Gasteiger partial charge in [-0.2, -0.15) is 5.10 Å². The number of aromatic nitrogens is 3. The van der Waals surface area contributed by atoms with Crippen LogP contribution >= 0.6 is 0 Å². The molecule has 1 aliphatic carbocycles. The number of hydrogen-bond donors (Lipinski definition) is 2. The molecular formula is C16H18F3N5O3. The summed E-state index contributed by atoms with van der Waals surface area (Å²) < 4.78 is 41.6. The second kappa shape index (κ2) is 7.14. The van der Waals surface area contributed by atoms with Crippen LogP contribution in [0.4, 0.5) is 13.2 Å². The second-order valence-electron chi connectivity index (χ2n) is 6.33. The molecule has 0 radical (unpaired) electrons. The zero-order chi connectivity index (χ0) is 19.8. The third-order valence-electron chi connectivity index (χ3n) is 4.29. The van der Waals surface area contributed by atoms with Crippen molar-refractivity contribution in [3.8, 4) is 0 Å². The molecule has 3 N–H and O–H groups in total. The molecule has 2 heterocycles. The van der Waals surface area contributed by atoms with E-state index in [1.807, 2.05) is 6.92 Å². The molecule has 1 saturated carbocycles. The first kappa shape index (κ1) is 19.1. The van der Waals surface area contributed by atoms with E-state index >= 15 is 0 Å². The van der Waals surface area contributed by atoms with Gasteiger partial charge in [-0.25, -0.2) is 9.50 Å². The third-order valence-corrected chi connectivity index (χ3v) is 4.29. The Labute approximate surface area is 151 Å². The van der Waals surface area contributed by atoms with Gasteiger partial charge >= 0.3 is 6.36 Å². The van der Waals surface area contributed by atoms with Crippen LogP contribution < -0.4 is 11.1 Å². The fraction of sp³-hybridized carbons (Fsp3) is 0.500. The van der Waals surface area contributed by atoms with Gasteiger partial charge in [-0.3, -0.25) is 14.3 Å². The maximum Gasteiger partial charge on any atom is 0.522 e. The average Bonchev–Trinajstić information content (AvgIpc) is 2.89. The van der Waals surface area contributed by atoms with Crippen LogP contribution in [0.3, 0.4) is 0 Å². The van der Waals surface area contributed by atoms with E-state index in [4.69, 9.17) is 5.73 Å². The first-order chi connectivity index (χ1) is 12.7. The number of fused-ring (bicyclic) bond motifs is 1. The Hall–Kier alpha value is -2.69. The van der Waals surface area contributed by atoms with Gasteiger partial charge in [-0.05, 0) is 25.3 Å². The number of alkyl halides is 3. The molecule has 0 saturated heterocycles. The van der Waals surface area contributed by atoms with Crippen molar-refractivity contribution in [1.29, 1.82) is 0 Å². The molecule has 8 nitrogen and oxygen atoms in total. The Morgan fingerprint density at radius 1 is 1.41 bits per heavy atom. The number of nitrogens with zero attached hydrogens (tertiary/aromatic N) is 3. The normalized spacial score (nSPS) is 19.7. The Morgan fingerprint density at radius 2 is 2.11 bits per heavy atom.